The minimum absolute atomic E-state index is 0.0259. The molecule has 0 spiro atoms. The van der Waals surface area contributed by atoms with Gasteiger partial charge < -0.3 is 9.64 Å². The van der Waals surface area contributed by atoms with Crippen molar-refractivity contribution in [3.63, 3.8) is 0 Å². The maximum absolute atomic E-state index is 13.6. The van der Waals surface area contributed by atoms with Crippen LogP contribution in [0.15, 0.2) is 30.5 Å². The molecular weight excluding hydrogens is 269 g/mol. The third kappa shape index (κ3) is 3.32. The lowest BCUT2D eigenvalue weighted by Crippen LogP contribution is -2.19. The minimum atomic E-state index is -0.500. The van der Waals surface area contributed by atoms with Gasteiger partial charge in [0, 0.05) is 13.6 Å². The molecule has 2 rings (SSSR count). The number of rotatable bonds is 4. The summed E-state index contributed by atoms with van der Waals surface area (Å²) in [7, 11) is 3.35. The van der Waals surface area contributed by atoms with Crippen LogP contribution in [0.3, 0.4) is 0 Å². The lowest BCUT2D eigenvalue weighted by Gasteiger charge is -2.18. The number of halogens is 2. The van der Waals surface area contributed by atoms with Gasteiger partial charge in [0.2, 0.25) is 5.28 Å². The summed E-state index contributed by atoms with van der Waals surface area (Å²) < 4.78 is 18.7. The third-order valence-corrected chi connectivity index (χ3v) is 2.82. The van der Waals surface area contributed by atoms with E-state index in [9.17, 15) is 4.39 Å². The first-order valence-electron chi connectivity index (χ1n) is 5.62. The van der Waals surface area contributed by atoms with E-state index in [0.717, 1.165) is 17.5 Å². The van der Waals surface area contributed by atoms with Crippen LogP contribution < -0.4 is 9.64 Å². The molecule has 0 aliphatic carbocycles. The summed E-state index contributed by atoms with van der Waals surface area (Å²) in [5, 5.41) is 0.0259. The van der Waals surface area contributed by atoms with Crippen molar-refractivity contribution in [1.29, 1.82) is 0 Å². The van der Waals surface area contributed by atoms with Crippen LogP contribution in [0, 0.1) is 5.82 Å². The van der Waals surface area contributed by atoms with Gasteiger partial charge in [0.05, 0.1) is 13.3 Å². The maximum Gasteiger partial charge on any atom is 0.224 e. The molecule has 2 aromatic rings. The number of aromatic nitrogens is 2. The quantitative estimate of drug-likeness (QED) is 0.808. The second kappa shape index (κ2) is 5.84. The highest BCUT2D eigenvalue weighted by atomic mass is 35.5. The highest BCUT2D eigenvalue weighted by Crippen LogP contribution is 2.19. The summed E-state index contributed by atoms with van der Waals surface area (Å²) >= 11 is 5.67. The Morgan fingerprint density at radius 1 is 1.32 bits per heavy atom. The van der Waals surface area contributed by atoms with Crippen LogP contribution in [0.4, 0.5) is 10.2 Å². The molecule has 0 saturated heterocycles. The van der Waals surface area contributed by atoms with Crippen LogP contribution in [0.1, 0.15) is 5.56 Å². The van der Waals surface area contributed by atoms with Crippen LogP contribution in [-0.2, 0) is 6.54 Å². The number of benzene rings is 1. The van der Waals surface area contributed by atoms with Crippen LogP contribution in [0.5, 0.6) is 5.75 Å². The Hall–Kier alpha value is -1.88. The molecule has 0 amide bonds. The van der Waals surface area contributed by atoms with Gasteiger partial charge in [-0.15, -0.1) is 0 Å². The van der Waals surface area contributed by atoms with E-state index in [1.165, 1.54) is 0 Å². The van der Waals surface area contributed by atoms with Crippen molar-refractivity contribution in [3.8, 4) is 5.75 Å². The molecule has 4 nitrogen and oxygen atoms in total. The Balaban J connectivity index is 2.15. The van der Waals surface area contributed by atoms with Gasteiger partial charge in [0.15, 0.2) is 11.6 Å². The van der Waals surface area contributed by atoms with Gasteiger partial charge in [0.1, 0.15) is 5.75 Å². The number of methoxy groups -OCH3 is 1. The topological polar surface area (TPSA) is 38.2 Å². The molecule has 0 aliphatic rings. The number of anilines is 1. The predicted molar refractivity (Wildman–Crippen MR) is 72.1 cm³/mol. The predicted octanol–water partition coefficient (Wildman–Crippen LogP) is 2.91. The molecule has 0 saturated carbocycles. The van der Waals surface area contributed by atoms with Gasteiger partial charge in [-0.2, -0.15) is 4.98 Å². The fourth-order valence-corrected chi connectivity index (χ4v) is 1.81. The lowest BCUT2D eigenvalue weighted by atomic mass is 10.2. The van der Waals surface area contributed by atoms with E-state index in [-0.39, 0.29) is 11.1 Å². The Kier molecular flexibility index (Phi) is 4.16. The molecule has 1 aromatic heterocycles. The zero-order valence-electron chi connectivity index (χ0n) is 10.6. The Labute approximate surface area is 115 Å². The summed E-state index contributed by atoms with van der Waals surface area (Å²) in [6.45, 7) is 0.508. The van der Waals surface area contributed by atoms with Crippen molar-refractivity contribution < 1.29 is 9.13 Å². The number of nitrogens with zero attached hydrogens (tertiary/aromatic N) is 3. The monoisotopic (exact) mass is 281 g/mol. The van der Waals surface area contributed by atoms with Gasteiger partial charge >= 0.3 is 0 Å². The molecular formula is C13H13ClFN3O. The smallest absolute Gasteiger partial charge is 0.224 e. The minimum Gasteiger partial charge on any atom is -0.497 e. The van der Waals surface area contributed by atoms with Gasteiger partial charge in [0.25, 0.3) is 0 Å². The second-order valence-corrected chi connectivity index (χ2v) is 4.35. The van der Waals surface area contributed by atoms with Crippen LogP contribution in [-0.4, -0.2) is 24.1 Å². The summed E-state index contributed by atoms with van der Waals surface area (Å²) in [6.07, 6.45) is 1.06. The molecule has 19 heavy (non-hydrogen) atoms. The zero-order valence-corrected chi connectivity index (χ0v) is 11.4. The van der Waals surface area contributed by atoms with E-state index in [2.05, 4.69) is 9.97 Å². The fourth-order valence-electron chi connectivity index (χ4n) is 1.68. The van der Waals surface area contributed by atoms with E-state index in [4.69, 9.17) is 16.3 Å². The fraction of sp³-hybridized carbons (Fsp3) is 0.231. The van der Waals surface area contributed by atoms with Gasteiger partial charge in [-0.1, -0.05) is 12.1 Å². The van der Waals surface area contributed by atoms with Crippen LogP contribution in [0.2, 0.25) is 5.28 Å². The number of hydrogen-bond donors (Lipinski definition) is 0. The van der Waals surface area contributed by atoms with E-state index in [1.54, 1.807) is 19.1 Å². The molecule has 0 radical (unpaired) electrons. The summed E-state index contributed by atoms with van der Waals surface area (Å²) in [5.41, 5.74) is 1.01. The first-order chi connectivity index (χ1) is 9.10. The molecule has 1 aromatic carbocycles. The Bertz CT molecular complexity index is 562. The summed E-state index contributed by atoms with van der Waals surface area (Å²) in [4.78, 5) is 9.14. The Morgan fingerprint density at radius 3 is 2.63 bits per heavy atom. The zero-order chi connectivity index (χ0) is 13.8. The first kappa shape index (κ1) is 13.5. The molecule has 0 atom stereocenters. The summed E-state index contributed by atoms with van der Waals surface area (Å²) in [5.74, 6) is 0.457. The molecule has 0 unspecified atom stereocenters. The van der Waals surface area contributed by atoms with Crippen molar-refractivity contribution in [2.24, 2.45) is 0 Å². The van der Waals surface area contributed by atoms with Gasteiger partial charge in [-0.05, 0) is 29.3 Å². The van der Waals surface area contributed by atoms with Crippen molar-refractivity contribution >= 4 is 17.4 Å². The molecule has 0 N–H and O–H groups in total. The number of hydrogen-bond acceptors (Lipinski definition) is 4. The SMILES string of the molecule is COc1ccc(CN(C)c2nc(Cl)ncc2F)cc1. The largest absolute Gasteiger partial charge is 0.497 e. The first-order valence-corrected chi connectivity index (χ1v) is 6.00. The second-order valence-electron chi connectivity index (χ2n) is 4.01. The van der Waals surface area contributed by atoms with Crippen molar-refractivity contribution in [3.05, 3.63) is 47.1 Å². The summed E-state index contributed by atoms with van der Waals surface area (Å²) in [6, 6.07) is 7.53. The Morgan fingerprint density at radius 2 is 2.00 bits per heavy atom. The molecule has 1 heterocycles. The van der Waals surface area contributed by atoms with Gasteiger partial charge in [-0.25, -0.2) is 9.37 Å². The van der Waals surface area contributed by atoms with Crippen molar-refractivity contribution in [2.75, 3.05) is 19.1 Å². The highest BCUT2D eigenvalue weighted by molar-refractivity contribution is 6.28. The maximum atomic E-state index is 13.6. The van der Waals surface area contributed by atoms with Crippen LogP contribution in [0.25, 0.3) is 0 Å². The molecule has 0 bridgehead atoms. The lowest BCUT2D eigenvalue weighted by molar-refractivity contribution is 0.414. The third-order valence-electron chi connectivity index (χ3n) is 2.64. The van der Waals surface area contributed by atoms with E-state index in [0.29, 0.717) is 6.54 Å². The molecule has 100 valence electrons. The number of ether oxygens (including phenoxy) is 1. The highest BCUT2D eigenvalue weighted by Gasteiger charge is 2.11. The molecule has 6 heteroatoms. The average Bonchev–Trinajstić information content (AvgIpc) is 2.42. The van der Waals surface area contributed by atoms with E-state index in [1.807, 2.05) is 24.3 Å². The van der Waals surface area contributed by atoms with E-state index >= 15 is 0 Å². The standard InChI is InChI=1S/C13H13ClFN3O/c1-18(12-11(15)7-16-13(14)17-12)8-9-3-5-10(19-2)6-4-9/h3-7H,8H2,1-2H3. The van der Waals surface area contributed by atoms with Crippen molar-refractivity contribution in [2.45, 2.75) is 6.54 Å². The molecule has 0 fully saturated rings. The van der Waals surface area contributed by atoms with E-state index < -0.39 is 5.82 Å². The van der Waals surface area contributed by atoms with Crippen LogP contribution >= 0.6 is 11.6 Å². The normalized spacial score (nSPS) is 10.3. The average molecular weight is 282 g/mol. The van der Waals surface area contributed by atoms with Crippen molar-refractivity contribution in [1.82, 2.24) is 9.97 Å². The molecule has 0 aliphatic heterocycles. The van der Waals surface area contributed by atoms with Gasteiger partial charge in [-0.3, -0.25) is 0 Å².